The fourth-order valence-electron chi connectivity index (χ4n) is 3.51. The molecule has 23 heavy (non-hydrogen) atoms. The van der Waals surface area contributed by atoms with Crippen LogP contribution in [0.4, 0.5) is 0 Å². The Morgan fingerprint density at radius 3 is 2.87 bits per heavy atom. The van der Waals surface area contributed by atoms with Crippen LogP contribution in [0.15, 0.2) is 30.3 Å². The van der Waals surface area contributed by atoms with Gasteiger partial charge in [-0.15, -0.1) is 6.42 Å². The summed E-state index contributed by atoms with van der Waals surface area (Å²) < 4.78 is 0. The second kappa shape index (κ2) is 7.90. The van der Waals surface area contributed by atoms with E-state index >= 15 is 0 Å². The van der Waals surface area contributed by atoms with Gasteiger partial charge in [0.1, 0.15) is 0 Å². The zero-order chi connectivity index (χ0) is 16.1. The van der Waals surface area contributed by atoms with Crippen LogP contribution in [-0.4, -0.2) is 53.7 Å². The van der Waals surface area contributed by atoms with Crippen molar-refractivity contribution in [2.24, 2.45) is 0 Å². The molecule has 122 valence electrons. The van der Waals surface area contributed by atoms with E-state index in [0.717, 1.165) is 44.6 Å². The smallest absolute Gasteiger partial charge is 0.240 e. The molecule has 0 saturated carbocycles. The lowest BCUT2D eigenvalue weighted by atomic mass is 10.0. The Kier molecular flexibility index (Phi) is 5.64. The highest BCUT2D eigenvalue weighted by Gasteiger charge is 2.34. The molecule has 2 saturated heterocycles. The molecular formula is C19H24N2OS. The number of carbonyl (C=O) groups is 1. The summed E-state index contributed by atoms with van der Waals surface area (Å²) in [7, 11) is 0. The Morgan fingerprint density at radius 1 is 1.26 bits per heavy atom. The maximum Gasteiger partial charge on any atom is 0.240 e. The predicted molar refractivity (Wildman–Crippen MR) is 96.3 cm³/mol. The number of hydrogen-bond acceptors (Lipinski definition) is 3. The monoisotopic (exact) mass is 328 g/mol. The number of rotatable bonds is 3. The van der Waals surface area contributed by atoms with E-state index in [0.29, 0.717) is 11.8 Å². The van der Waals surface area contributed by atoms with Crippen molar-refractivity contribution in [2.45, 2.75) is 30.6 Å². The first-order chi connectivity index (χ1) is 11.3. The van der Waals surface area contributed by atoms with Crippen LogP contribution in [0, 0.1) is 12.3 Å². The van der Waals surface area contributed by atoms with Crippen molar-refractivity contribution in [3.05, 3.63) is 35.9 Å². The van der Waals surface area contributed by atoms with Crippen molar-refractivity contribution in [1.29, 1.82) is 0 Å². The van der Waals surface area contributed by atoms with Crippen LogP contribution in [0.5, 0.6) is 0 Å². The van der Waals surface area contributed by atoms with Crippen LogP contribution in [0.2, 0.25) is 0 Å². The summed E-state index contributed by atoms with van der Waals surface area (Å²) in [5, 5.41) is 0.388. The Hall–Kier alpha value is -1.44. The molecule has 0 aromatic heterocycles. The van der Waals surface area contributed by atoms with Crippen LogP contribution in [0.25, 0.3) is 0 Å². The number of nitrogens with zero attached hydrogens (tertiary/aromatic N) is 2. The highest BCUT2D eigenvalue weighted by Crippen LogP contribution is 2.33. The minimum Gasteiger partial charge on any atom is -0.339 e. The van der Waals surface area contributed by atoms with E-state index in [-0.39, 0.29) is 11.9 Å². The molecule has 1 aromatic carbocycles. The lowest BCUT2D eigenvalue weighted by Crippen LogP contribution is -2.53. The van der Waals surface area contributed by atoms with Crippen molar-refractivity contribution in [1.82, 2.24) is 9.80 Å². The van der Waals surface area contributed by atoms with Crippen molar-refractivity contribution >= 4 is 17.7 Å². The first-order valence-corrected chi connectivity index (χ1v) is 9.47. The third kappa shape index (κ3) is 3.91. The summed E-state index contributed by atoms with van der Waals surface area (Å²) in [5.41, 5.74) is 1.32. The highest BCUT2D eigenvalue weighted by atomic mass is 32.2. The van der Waals surface area contributed by atoms with Crippen molar-refractivity contribution in [3.63, 3.8) is 0 Å². The number of hydrogen-bond donors (Lipinski definition) is 0. The van der Waals surface area contributed by atoms with Gasteiger partial charge in [0, 0.05) is 24.1 Å². The zero-order valence-corrected chi connectivity index (χ0v) is 14.3. The zero-order valence-electron chi connectivity index (χ0n) is 13.5. The normalized spacial score (nSPS) is 25.8. The first-order valence-electron chi connectivity index (χ1n) is 8.42. The second-order valence-electron chi connectivity index (χ2n) is 6.24. The molecule has 0 aliphatic carbocycles. The predicted octanol–water partition coefficient (Wildman–Crippen LogP) is 2.79. The third-order valence-electron chi connectivity index (χ3n) is 4.74. The van der Waals surface area contributed by atoms with Gasteiger partial charge in [0.2, 0.25) is 5.91 Å². The van der Waals surface area contributed by atoms with Gasteiger partial charge in [0.15, 0.2) is 0 Å². The van der Waals surface area contributed by atoms with E-state index in [4.69, 9.17) is 6.42 Å². The molecule has 3 rings (SSSR count). The number of benzene rings is 1. The van der Waals surface area contributed by atoms with E-state index in [2.05, 4.69) is 40.0 Å². The highest BCUT2D eigenvalue weighted by molar-refractivity contribution is 7.99. The van der Waals surface area contributed by atoms with Gasteiger partial charge in [-0.25, -0.2) is 0 Å². The average Bonchev–Trinajstić information content (AvgIpc) is 2.63. The van der Waals surface area contributed by atoms with Crippen LogP contribution in [0.3, 0.4) is 0 Å². The van der Waals surface area contributed by atoms with E-state index in [1.807, 2.05) is 17.8 Å². The van der Waals surface area contributed by atoms with E-state index in [9.17, 15) is 4.79 Å². The largest absolute Gasteiger partial charge is 0.339 e. The minimum atomic E-state index is -0.0145. The molecule has 0 unspecified atom stereocenters. The Balaban J connectivity index is 1.68. The quantitative estimate of drug-likeness (QED) is 0.797. The summed E-state index contributed by atoms with van der Waals surface area (Å²) >= 11 is 1.96. The molecule has 2 aliphatic rings. The number of likely N-dealkylation sites (tertiary alicyclic amines) is 1. The summed E-state index contributed by atoms with van der Waals surface area (Å²) in [6.07, 6.45) is 8.70. The molecule has 3 nitrogen and oxygen atoms in total. The number of terminal acetylenes is 1. The fraction of sp³-hybridized carbons (Fsp3) is 0.526. The standard InChI is InChI=1S/C19H24N2OS/c1-2-11-20-12-7-6-10-17(20)19(22)21-13-14-23-18(15-21)16-8-4-3-5-9-16/h1,3-5,8-9,17-18H,6-7,10-15H2/t17-,18+/m0/s1. The van der Waals surface area contributed by atoms with Gasteiger partial charge in [0.25, 0.3) is 0 Å². The maximum absolute atomic E-state index is 13.0. The van der Waals surface area contributed by atoms with Crippen LogP contribution < -0.4 is 0 Å². The molecule has 2 heterocycles. The maximum atomic E-state index is 13.0. The van der Waals surface area contributed by atoms with Crippen molar-refractivity contribution < 1.29 is 4.79 Å². The van der Waals surface area contributed by atoms with E-state index in [1.54, 1.807) is 0 Å². The van der Waals surface area contributed by atoms with Crippen LogP contribution >= 0.6 is 11.8 Å². The molecule has 1 amide bonds. The van der Waals surface area contributed by atoms with Gasteiger partial charge < -0.3 is 4.90 Å². The molecule has 2 aliphatic heterocycles. The summed E-state index contributed by atoms with van der Waals surface area (Å²) in [6, 6.07) is 10.5. The summed E-state index contributed by atoms with van der Waals surface area (Å²) in [5.74, 6) is 4.00. The fourth-order valence-corrected chi connectivity index (χ4v) is 4.75. The molecule has 0 bridgehead atoms. The van der Waals surface area contributed by atoms with Gasteiger partial charge >= 0.3 is 0 Å². The first kappa shape index (κ1) is 16.4. The Labute approximate surface area is 143 Å². The second-order valence-corrected chi connectivity index (χ2v) is 7.55. The lowest BCUT2D eigenvalue weighted by Gasteiger charge is -2.39. The molecule has 1 aromatic rings. The number of amides is 1. The Morgan fingerprint density at radius 2 is 2.09 bits per heavy atom. The van der Waals surface area contributed by atoms with Gasteiger partial charge in [-0.1, -0.05) is 42.7 Å². The molecule has 0 radical (unpaired) electrons. The molecule has 4 heteroatoms. The van der Waals surface area contributed by atoms with E-state index in [1.165, 1.54) is 5.56 Å². The van der Waals surface area contributed by atoms with Gasteiger partial charge in [-0.3, -0.25) is 9.69 Å². The summed E-state index contributed by atoms with van der Waals surface area (Å²) in [4.78, 5) is 17.3. The van der Waals surface area contributed by atoms with Crippen molar-refractivity contribution in [3.8, 4) is 12.3 Å². The van der Waals surface area contributed by atoms with Gasteiger partial charge in [0.05, 0.1) is 12.6 Å². The number of piperidine rings is 1. The van der Waals surface area contributed by atoms with Gasteiger partial charge in [-0.05, 0) is 24.9 Å². The van der Waals surface area contributed by atoms with E-state index < -0.39 is 0 Å². The van der Waals surface area contributed by atoms with Crippen LogP contribution in [-0.2, 0) is 4.79 Å². The molecule has 0 spiro atoms. The minimum absolute atomic E-state index is 0.0145. The molecule has 0 N–H and O–H groups in total. The Bertz CT molecular complexity index is 568. The SMILES string of the molecule is C#CCN1CCCC[C@H]1C(=O)N1CCS[C@@H](c2ccccc2)C1. The number of thioether (sulfide) groups is 1. The molecule has 2 atom stereocenters. The topological polar surface area (TPSA) is 23.6 Å². The average molecular weight is 328 g/mol. The summed E-state index contributed by atoms with van der Waals surface area (Å²) in [6.45, 7) is 3.20. The van der Waals surface area contributed by atoms with Crippen molar-refractivity contribution in [2.75, 3.05) is 31.9 Å². The number of carbonyl (C=O) groups excluding carboxylic acids is 1. The molecule has 2 fully saturated rings. The lowest BCUT2D eigenvalue weighted by molar-refractivity contribution is -0.137. The molecular weight excluding hydrogens is 304 g/mol. The third-order valence-corrected chi connectivity index (χ3v) is 5.98. The van der Waals surface area contributed by atoms with Gasteiger partial charge in [-0.2, -0.15) is 11.8 Å². The van der Waals surface area contributed by atoms with Crippen LogP contribution in [0.1, 0.15) is 30.1 Å².